The lowest BCUT2D eigenvalue weighted by Crippen LogP contribution is -2.61. The van der Waals surface area contributed by atoms with Gasteiger partial charge < -0.3 is 152 Å². The third-order valence-electron chi connectivity index (χ3n) is 23.2. The Morgan fingerprint density at radius 3 is 1.19 bits per heavy atom. The molecule has 2 aliphatic heterocycles. The van der Waals surface area contributed by atoms with Crippen molar-refractivity contribution in [3.63, 3.8) is 0 Å². The van der Waals surface area contributed by atoms with Crippen molar-refractivity contribution in [1.29, 1.82) is 0 Å². The molecular formula is C86H158N30O19. The first-order valence-corrected chi connectivity index (χ1v) is 47.0. The van der Waals surface area contributed by atoms with Crippen LogP contribution in [-0.4, -0.2) is 295 Å². The number of carboxylic acid groups (broad SMARTS) is 1. The van der Waals surface area contributed by atoms with E-state index in [2.05, 4.69) is 89.4 Å². The van der Waals surface area contributed by atoms with Crippen molar-refractivity contribution >= 4 is 124 Å². The van der Waals surface area contributed by atoms with Gasteiger partial charge in [0.1, 0.15) is 84.6 Å². The second-order valence-corrected chi connectivity index (χ2v) is 35.6. The van der Waals surface area contributed by atoms with E-state index in [-0.39, 0.29) is 153 Å². The van der Waals surface area contributed by atoms with Crippen LogP contribution in [0.15, 0.2) is 15.0 Å². The number of amides is 17. The number of carboxylic acids is 1. The van der Waals surface area contributed by atoms with Crippen LogP contribution < -0.4 is 138 Å². The van der Waals surface area contributed by atoms with Gasteiger partial charge in [-0.05, 0) is 185 Å². The van der Waals surface area contributed by atoms with Gasteiger partial charge in [0.15, 0.2) is 17.9 Å². The number of unbranched alkanes of at least 4 members (excludes halogenated alkanes) is 3. The second kappa shape index (κ2) is 63.4. The van der Waals surface area contributed by atoms with E-state index in [4.69, 9.17) is 63.1 Å². The van der Waals surface area contributed by atoms with E-state index in [0.29, 0.717) is 64.3 Å². The molecule has 2 saturated heterocycles. The van der Waals surface area contributed by atoms with E-state index < -0.39 is 247 Å². The topological polar surface area (TPSA) is 826 Å². The molecule has 17 atom stereocenters. The maximum absolute atomic E-state index is 14.6. The largest absolute Gasteiger partial charge is 0.480 e. The molecule has 0 bridgehead atoms. The van der Waals surface area contributed by atoms with Gasteiger partial charge in [-0.15, -0.1) is 0 Å². The number of nitrogens with two attached hydrogens (primary N) is 11. The lowest BCUT2D eigenvalue weighted by atomic mass is 9.96. The fourth-order valence-electron chi connectivity index (χ4n) is 15.0. The van der Waals surface area contributed by atoms with Crippen LogP contribution in [-0.2, 0) is 86.3 Å². The van der Waals surface area contributed by atoms with Crippen LogP contribution in [0, 0.1) is 29.6 Å². The van der Waals surface area contributed by atoms with E-state index >= 15 is 0 Å². The van der Waals surface area contributed by atoms with Gasteiger partial charge in [-0.3, -0.25) is 96.5 Å². The monoisotopic (exact) mass is 1920 g/mol. The normalized spacial score (nSPS) is 16.8. The van der Waals surface area contributed by atoms with Gasteiger partial charge in [-0.25, -0.2) is 4.79 Å². The number of nitrogens with one attached hydrogen (secondary N) is 14. The molecule has 0 aromatic carbocycles. The minimum Gasteiger partial charge on any atom is -0.480 e. The quantitative estimate of drug-likeness (QED) is 0.0153. The molecule has 2 fully saturated rings. The standard InChI is InChI=1S/C86H158N30O19/c1-12-49(9)67(78(129)102-45-64(119)104-53(28-20-38-98-84(92)93)72(123)103-51(11)69(120)106-54(26-15-18-36-88)73(124)107-56(29-21-39-99-85(94)95)75(126)111-65(47(5)6)79(130)112-66(48(7)8)80(131)114-68(83(134)135)50(10)13-2)113-76(127)57(33-34-62(91)117)105-63(118)44-101-71(122)59(43-46(3)4)110-74(125)55(27-16-19-37-89)108-77(128)60-31-23-41-115(60)82(133)61-32-24-42-116(61)81(132)58(30-22-40-100-86(96)97)109-70(121)52(90)25-14-17-35-87/h46-61,65-68H,12-45,87-90H2,1-11H3,(H2,91,117)(H,101,122)(H,102,129)(H,103,123)(H,104,119)(H,105,118)(H,106,120)(H,107,124)(H,108,128)(H,109,121)(H,110,125)(H,111,126)(H,112,130)(H,113,127)(H,114,131)(H,134,135)(H4,92,93,98)(H4,94,95,99)(H4,96,97,100)/t49-,50-,51-,52-,53-,54-,55-,56-,57-,58-,59-,60-,61-,65-,66-,67-,68-/m0/s1. The van der Waals surface area contributed by atoms with Crippen LogP contribution in [0.4, 0.5) is 0 Å². The average molecular weight is 1920 g/mol. The number of likely N-dealkylation sites (tertiary alicyclic amines) is 2. The number of hydrogen-bond donors (Lipinski definition) is 26. The molecule has 0 aromatic rings. The van der Waals surface area contributed by atoms with E-state index in [1.54, 1.807) is 69.2 Å². The predicted molar refractivity (Wildman–Crippen MR) is 505 cm³/mol. The SMILES string of the molecule is CC[C@H](C)[C@H](NC(=O)[C@@H](NC(=O)[C@@H](NC(=O)[C@H](CCCN=C(N)N)NC(=O)[C@H](CCCCN)NC(=O)[C@H](C)NC(=O)[C@H](CCCN=C(N)N)NC(=O)CNC(=O)[C@@H](NC(=O)[C@H](CCC(N)=O)NC(=O)CNC(=O)[C@H](CC(C)C)NC(=O)[C@H](CCCCN)NC(=O)[C@@H]1CCCN1C(=O)[C@@H]1CCCN1C(=O)[C@H](CCCN=C(N)N)NC(=O)[C@@H](N)CCCCN)[C@@H](C)CC)C(C)C)C(C)C)C(=O)O. The van der Waals surface area contributed by atoms with Crippen LogP contribution in [0.25, 0.3) is 0 Å². The highest BCUT2D eigenvalue weighted by Gasteiger charge is 2.46. The molecule has 2 aliphatic rings. The first kappa shape index (κ1) is 119. The predicted octanol–water partition coefficient (Wildman–Crippen LogP) is -7.29. The third kappa shape index (κ3) is 44.4. The highest BCUT2D eigenvalue weighted by Crippen LogP contribution is 2.27. The summed E-state index contributed by atoms with van der Waals surface area (Å²) in [6, 6.07) is -19.3. The van der Waals surface area contributed by atoms with Crippen molar-refractivity contribution in [2.24, 2.45) is 108 Å². The molecule has 766 valence electrons. The fourth-order valence-corrected chi connectivity index (χ4v) is 15.0. The first-order chi connectivity index (χ1) is 63.7. The molecule has 0 spiro atoms. The minimum absolute atomic E-state index is 0.00274. The summed E-state index contributed by atoms with van der Waals surface area (Å²) < 4.78 is 0. The van der Waals surface area contributed by atoms with Gasteiger partial charge >= 0.3 is 5.97 Å². The van der Waals surface area contributed by atoms with E-state index in [9.17, 15) is 91.4 Å². The van der Waals surface area contributed by atoms with Crippen LogP contribution in [0.5, 0.6) is 0 Å². The minimum atomic E-state index is -1.59. The number of carbonyl (C=O) groups is 18. The van der Waals surface area contributed by atoms with Crippen LogP contribution in [0.3, 0.4) is 0 Å². The molecule has 0 aromatic heterocycles. The molecule has 37 N–H and O–H groups in total. The Morgan fingerprint density at radius 1 is 0.370 bits per heavy atom. The molecule has 49 heteroatoms. The van der Waals surface area contributed by atoms with Crippen LogP contribution >= 0.6 is 0 Å². The van der Waals surface area contributed by atoms with E-state index in [1.807, 2.05) is 0 Å². The van der Waals surface area contributed by atoms with Crippen LogP contribution in [0.1, 0.15) is 230 Å². The third-order valence-corrected chi connectivity index (χ3v) is 23.2. The summed E-state index contributed by atoms with van der Waals surface area (Å²) in [6.07, 6.45) is 4.31. The number of guanidine groups is 3. The Bertz CT molecular complexity index is 3970. The summed E-state index contributed by atoms with van der Waals surface area (Å²) in [6.45, 7) is 17.6. The fraction of sp³-hybridized carbons (Fsp3) is 0.756. The number of hydrogen-bond acceptors (Lipinski definition) is 25. The molecule has 0 aliphatic carbocycles. The summed E-state index contributed by atoms with van der Waals surface area (Å²) >= 11 is 0. The van der Waals surface area contributed by atoms with Crippen LogP contribution in [0.2, 0.25) is 0 Å². The number of carbonyl (C=O) groups excluding carboxylic acids is 17. The Kier molecular flexibility index (Phi) is 55.9. The maximum Gasteiger partial charge on any atom is 0.326 e. The van der Waals surface area contributed by atoms with Crippen molar-refractivity contribution in [3.05, 3.63) is 0 Å². The van der Waals surface area contributed by atoms with Gasteiger partial charge in [-0.2, -0.15) is 0 Å². The summed E-state index contributed by atoms with van der Waals surface area (Å²) in [5.41, 5.74) is 62.3. The van der Waals surface area contributed by atoms with Crippen molar-refractivity contribution < 1.29 is 91.4 Å². The molecule has 0 saturated carbocycles. The Hall–Kier alpha value is -11.9. The van der Waals surface area contributed by atoms with Crippen molar-refractivity contribution in [1.82, 2.24) is 84.2 Å². The molecule has 0 unspecified atom stereocenters. The molecule has 135 heavy (non-hydrogen) atoms. The number of aliphatic imine (C=N–C) groups is 3. The second-order valence-electron chi connectivity index (χ2n) is 35.6. The lowest BCUT2D eigenvalue weighted by molar-refractivity contribution is -0.148. The average Bonchev–Trinajstić information content (AvgIpc) is 1.66. The molecule has 2 heterocycles. The first-order valence-electron chi connectivity index (χ1n) is 47.0. The van der Waals surface area contributed by atoms with Gasteiger partial charge in [0.05, 0.1) is 19.1 Å². The molecule has 49 nitrogen and oxygen atoms in total. The van der Waals surface area contributed by atoms with Gasteiger partial charge in [-0.1, -0.05) is 88.5 Å². The number of nitrogens with zero attached hydrogens (tertiary/aromatic N) is 5. The van der Waals surface area contributed by atoms with E-state index in [1.165, 1.54) is 16.7 Å². The highest BCUT2D eigenvalue weighted by molar-refractivity contribution is 6.01. The molecule has 17 amide bonds. The molecular weight excluding hydrogens is 1760 g/mol. The van der Waals surface area contributed by atoms with Crippen molar-refractivity contribution in [3.8, 4) is 0 Å². The Balaban J connectivity index is 2.37. The maximum atomic E-state index is 14.6. The molecule has 2 rings (SSSR count). The smallest absolute Gasteiger partial charge is 0.326 e. The molecule has 0 radical (unpaired) electrons. The van der Waals surface area contributed by atoms with Gasteiger partial charge in [0, 0.05) is 39.1 Å². The summed E-state index contributed by atoms with van der Waals surface area (Å²) in [4.78, 5) is 266. The Labute approximate surface area is 790 Å². The number of primary amides is 1. The lowest BCUT2D eigenvalue weighted by Gasteiger charge is -2.33. The summed E-state index contributed by atoms with van der Waals surface area (Å²) in [5, 5.41) is 46.3. The number of rotatable bonds is 66. The van der Waals surface area contributed by atoms with E-state index in [0.717, 1.165) is 0 Å². The van der Waals surface area contributed by atoms with Crippen molar-refractivity contribution in [2.45, 2.75) is 321 Å². The summed E-state index contributed by atoms with van der Waals surface area (Å²) in [7, 11) is 0. The number of aliphatic carboxylic acids is 1. The van der Waals surface area contributed by atoms with Gasteiger partial charge in [0.2, 0.25) is 100 Å². The highest BCUT2D eigenvalue weighted by atomic mass is 16.4. The van der Waals surface area contributed by atoms with Crippen molar-refractivity contribution in [2.75, 3.05) is 65.4 Å². The zero-order chi connectivity index (χ0) is 102. The Morgan fingerprint density at radius 2 is 0.741 bits per heavy atom. The zero-order valence-corrected chi connectivity index (χ0v) is 80.5. The summed E-state index contributed by atoms with van der Waals surface area (Å²) in [5.74, 6) is -18.4. The zero-order valence-electron chi connectivity index (χ0n) is 80.5. The van der Waals surface area contributed by atoms with Gasteiger partial charge in [0.25, 0.3) is 0 Å².